The zero-order chi connectivity index (χ0) is 21.3. The summed E-state index contributed by atoms with van der Waals surface area (Å²) in [6, 6.07) is 6.62. The minimum Gasteiger partial charge on any atom is -0.379 e. The van der Waals surface area contributed by atoms with E-state index in [0.29, 0.717) is 24.6 Å². The minimum absolute atomic E-state index is 0.0153. The number of aryl methyl sites for hydroxylation is 1. The summed E-state index contributed by atoms with van der Waals surface area (Å²) in [7, 11) is -3.68. The standard InChI is InChI=1S/C20H24N4O5S/c1-13-2-5-15(22-19(25)14-3-4-14)10-17(13)23-20(26)18-11-16(12-21-18)30(27,28)24-6-8-29-9-7-24/h2,5,10-12,14,21H,3-4,6-9H2,1H3,(H,22,25)(H,23,26). The molecule has 2 amide bonds. The number of rotatable bonds is 6. The van der Waals surface area contributed by atoms with Crippen LogP contribution in [0.15, 0.2) is 35.4 Å². The number of ether oxygens (including phenoxy) is 1. The van der Waals surface area contributed by atoms with E-state index in [-0.39, 0.29) is 35.5 Å². The molecule has 1 saturated carbocycles. The van der Waals surface area contributed by atoms with E-state index in [0.717, 1.165) is 18.4 Å². The number of nitrogens with one attached hydrogen (secondary N) is 3. The molecule has 2 aromatic rings. The molecule has 0 radical (unpaired) electrons. The van der Waals surface area contributed by atoms with Crippen molar-refractivity contribution < 1.29 is 22.7 Å². The zero-order valence-corrected chi connectivity index (χ0v) is 17.4. The fraction of sp³-hybridized carbons (Fsp3) is 0.400. The van der Waals surface area contributed by atoms with Crippen molar-refractivity contribution in [2.75, 3.05) is 36.9 Å². The van der Waals surface area contributed by atoms with Crippen LogP contribution in [-0.2, 0) is 19.6 Å². The summed E-state index contributed by atoms with van der Waals surface area (Å²) in [4.78, 5) is 27.4. The predicted molar refractivity (Wildman–Crippen MR) is 111 cm³/mol. The van der Waals surface area contributed by atoms with Crippen LogP contribution in [-0.4, -0.2) is 55.8 Å². The molecule has 0 atom stereocenters. The summed E-state index contributed by atoms with van der Waals surface area (Å²) in [5.41, 5.74) is 2.10. The van der Waals surface area contributed by atoms with Crippen molar-refractivity contribution in [3.05, 3.63) is 41.7 Å². The lowest BCUT2D eigenvalue weighted by Crippen LogP contribution is -2.40. The number of morpholine rings is 1. The van der Waals surface area contributed by atoms with Gasteiger partial charge in [-0.05, 0) is 43.5 Å². The van der Waals surface area contributed by atoms with Crippen LogP contribution in [0.1, 0.15) is 28.9 Å². The Hall–Kier alpha value is -2.69. The van der Waals surface area contributed by atoms with Gasteiger partial charge in [-0.25, -0.2) is 8.42 Å². The molecule has 160 valence electrons. The van der Waals surface area contributed by atoms with Gasteiger partial charge in [-0.2, -0.15) is 4.31 Å². The van der Waals surface area contributed by atoms with Gasteiger partial charge in [0.15, 0.2) is 0 Å². The van der Waals surface area contributed by atoms with Gasteiger partial charge in [-0.15, -0.1) is 0 Å². The van der Waals surface area contributed by atoms with Crippen LogP contribution >= 0.6 is 0 Å². The van der Waals surface area contributed by atoms with E-state index < -0.39 is 15.9 Å². The second-order valence-electron chi connectivity index (χ2n) is 7.51. The van der Waals surface area contributed by atoms with Gasteiger partial charge >= 0.3 is 0 Å². The molecule has 2 aliphatic rings. The first-order chi connectivity index (χ1) is 14.3. The Labute approximate surface area is 174 Å². The number of anilines is 2. The lowest BCUT2D eigenvalue weighted by atomic mass is 10.1. The molecular weight excluding hydrogens is 408 g/mol. The number of carbonyl (C=O) groups excluding carboxylic acids is 2. The number of amides is 2. The van der Waals surface area contributed by atoms with Gasteiger partial charge in [0.1, 0.15) is 10.6 Å². The van der Waals surface area contributed by atoms with Crippen molar-refractivity contribution in [1.82, 2.24) is 9.29 Å². The van der Waals surface area contributed by atoms with Crippen LogP contribution in [0.25, 0.3) is 0 Å². The normalized spacial score (nSPS) is 17.5. The highest BCUT2D eigenvalue weighted by Crippen LogP contribution is 2.31. The molecule has 1 aliphatic carbocycles. The quantitative estimate of drug-likeness (QED) is 0.644. The van der Waals surface area contributed by atoms with E-state index in [1.165, 1.54) is 16.6 Å². The maximum absolute atomic E-state index is 12.7. The Morgan fingerprint density at radius 1 is 1.13 bits per heavy atom. The monoisotopic (exact) mass is 432 g/mol. The van der Waals surface area contributed by atoms with E-state index in [1.807, 2.05) is 6.92 Å². The van der Waals surface area contributed by atoms with Crippen molar-refractivity contribution in [1.29, 1.82) is 0 Å². The third-order valence-corrected chi connectivity index (χ3v) is 7.09. The molecule has 1 aromatic carbocycles. The summed E-state index contributed by atoms with van der Waals surface area (Å²) in [5.74, 6) is -0.402. The smallest absolute Gasteiger partial charge is 0.272 e. The van der Waals surface area contributed by atoms with Crippen LogP contribution in [0.3, 0.4) is 0 Å². The molecule has 1 aliphatic heterocycles. The molecule has 3 N–H and O–H groups in total. The Balaban J connectivity index is 1.47. The molecule has 9 nitrogen and oxygen atoms in total. The fourth-order valence-corrected chi connectivity index (χ4v) is 4.61. The summed E-state index contributed by atoms with van der Waals surface area (Å²) in [6.07, 6.45) is 3.13. The van der Waals surface area contributed by atoms with Crippen LogP contribution in [0, 0.1) is 12.8 Å². The van der Waals surface area contributed by atoms with Crippen LogP contribution in [0.2, 0.25) is 0 Å². The van der Waals surface area contributed by atoms with E-state index in [1.54, 1.807) is 18.2 Å². The number of benzene rings is 1. The molecule has 2 fully saturated rings. The van der Waals surface area contributed by atoms with Crippen LogP contribution in [0.5, 0.6) is 0 Å². The Kier molecular flexibility index (Phi) is 5.63. The summed E-state index contributed by atoms with van der Waals surface area (Å²) in [6.45, 7) is 3.11. The highest BCUT2D eigenvalue weighted by atomic mass is 32.2. The van der Waals surface area contributed by atoms with Gasteiger partial charge in [-0.1, -0.05) is 6.07 Å². The van der Waals surface area contributed by atoms with Crippen molar-refractivity contribution in [3.8, 4) is 0 Å². The number of carbonyl (C=O) groups is 2. The summed E-state index contributed by atoms with van der Waals surface area (Å²) < 4.78 is 32.0. The maximum atomic E-state index is 12.7. The van der Waals surface area contributed by atoms with Crippen molar-refractivity contribution in [2.24, 2.45) is 5.92 Å². The maximum Gasteiger partial charge on any atom is 0.272 e. The number of aromatic amines is 1. The number of sulfonamides is 1. The van der Waals surface area contributed by atoms with E-state index >= 15 is 0 Å². The van der Waals surface area contributed by atoms with E-state index in [2.05, 4.69) is 15.6 Å². The van der Waals surface area contributed by atoms with Crippen molar-refractivity contribution >= 4 is 33.2 Å². The third-order valence-electron chi connectivity index (χ3n) is 5.21. The zero-order valence-electron chi connectivity index (χ0n) is 16.6. The Morgan fingerprint density at radius 2 is 1.87 bits per heavy atom. The second-order valence-corrected chi connectivity index (χ2v) is 9.45. The van der Waals surface area contributed by atoms with Crippen molar-refractivity contribution in [3.63, 3.8) is 0 Å². The minimum atomic E-state index is -3.68. The molecule has 10 heteroatoms. The first-order valence-corrected chi connectivity index (χ1v) is 11.3. The average molecular weight is 433 g/mol. The van der Waals surface area contributed by atoms with Gasteiger partial charge in [0, 0.05) is 36.6 Å². The largest absolute Gasteiger partial charge is 0.379 e. The van der Waals surface area contributed by atoms with Gasteiger partial charge in [-0.3, -0.25) is 9.59 Å². The Bertz CT molecular complexity index is 1070. The average Bonchev–Trinajstić information content (AvgIpc) is 3.47. The molecule has 1 saturated heterocycles. The molecule has 4 rings (SSSR count). The Morgan fingerprint density at radius 3 is 2.57 bits per heavy atom. The number of hydrogen-bond acceptors (Lipinski definition) is 5. The fourth-order valence-electron chi connectivity index (χ4n) is 3.20. The summed E-state index contributed by atoms with van der Waals surface area (Å²) in [5, 5.41) is 5.63. The van der Waals surface area contributed by atoms with Gasteiger partial charge in [0.05, 0.1) is 13.2 Å². The highest BCUT2D eigenvalue weighted by molar-refractivity contribution is 7.89. The highest BCUT2D eigenvalue weighted by Gasteiger charge is 2.30. The SMILES string of the molecule is Cc1ccc(NC(=O)C2CC2)cc1NC(=O)c1cc(S(=O)(=O)N2CCOCC2)c[nH]1. The van der Waals surface area contributed by atoms with Crippen molar-refractivity contribution in [2.45, 2.75) is 24.7 Å². The van der Waals surface area contributed by atoms with Gasteiger partial charge in [0.2, 0.25) is 15.9 Å². The van der Waals surface area contributed by atoms with Gasteiger partial charge in [0.25, 0.3) is 5.91 Å². The van der Waals surface area contributed by atoms with E-state index in [9.17, 15) is 18.0 Å². The lowest BCUT2D eigenvalue weighted by Gasteiger charge is -2.25. The number of hydrogen-bond donors (Lipinski definition) is 3. The number of H-pyrrole nitrogens is 1. The predicted octanol–water partition coefficient (Wildman–Crippen LogP) is 1.94. The topological polar surface area (TPSA) is 121 Å². The molecule has 2 heterocycles. The lowest BCUT2D eigenvalue weighted by molar-refractivity contribution is -0.117. The molecule has 30 heavy (non-hydrogen) atoms. The molecular formula is C20H24N4O5S. The van der Waals surface area contributed by atoms with E-state index in [4.69, 9.17) is 4.74 Å². The molecule has 1 aromatic heterocycles. The van der Waals surface area contributed by atoms with Crippen LogP contribution < -0.4 is 10.6 Å². The number of nitrogens with zero attached hydrogens (tertiary/aromatic N) is 1. The first kappa shape index (κ1) is 20.6. The molecule has 0 spiro atoms. The molecule has 0 unspecified atom stereocenters. The van der Waals surface area contributed by atoms with Crippen LogP contribution in [0.4, 0.5) is 11.4 Å². The van der Waals surface area contributed by atoms with Gasteiger partial charge < -0.3 is 20.4 Å². The summed E-state index contributed by atoms with van der Waals surface area (Å²) >= 11 is 0. The molecule has 0 bridgehead atoms. The second kappa shape index (κ2) is 8.21. The first-order valence-electron chi connectivity index (χ1n) is 9.84. The number of aromatic nitrogens is 1. The third kappa shape index (κ3) is 4.40.